The predicted octanol–water partition coefficient (Wildman–Crippen LogP) is 0.357. The molecule has 2 aromatic heterocycles. The van der Waals surface area contributed by atoms with Gasteiger partial charge in [0.05, 0.1) is 6.54 Å². The van der Waals surface area contributed by atoms with Crippen LogP contribution in [-0.2, 0) is 20.6 Å². The van der Waals surface area contributed by atoms with Crippen LogP contribution in [0.5, 0.6) is 0 Å². The average molecular weight is 305 g/mol. The van der Waals surface area contributed by atoms with Crippen molar-refractivity contribution in [3.8, 4) is 6.07 Å². The minimum absolute atomic E-state index is 0.0459. The van der Waals surface area contributed by atoms with Gasteiger partial charge in [0.1, 0.15) is 16.9 Å². The van der Waals surface area contributed by atoms with Gasteiger partial charge in [-0.15, -0.1) is 11.3 Å². The summed E-state index contributed by atoms with van der Waals surface area (Å²) in [4.78, 5) is 30.1. The van der Waals surface area contributed by atoms with Crippen molar-refractivity contribution in [2.45, 2.75) is 13.5 Å². The molecule has 0 saturated carbocycles. The Kier molecular flexibility index (Phi) is 3.95. The summed E-state index contributed by atoms with van der Waals surface area (Å²) in [5.41, 5.74) is -0.175. The first-order valence-corrected chi connectivity index (χ1v) is 7.07. The van der Waals surface area contributed by atoms with Gasteiger partial charge in [-0.2, -0.15) is 5.26 Å². The second-order valence-corrected chi connectivity index (χ2v) is 5.70. The third-order valence-corrected chi connectivity index (χ3v) is 4.10. The first kappa shape index (κ1) is 15.0. The van der Waals surface area contributed by atoms with Crippen LogP contribution in [0.3, 0.4) is 0 Å². The Morgan fingerprint density at radius 1 is 1.38 bits per heavy atom. The molecular weight excluding hydrogens is 290 g/mol. The van der Waals surface area contributed by atoms with Gasteiger partial charge in [0.2, 0.25) is 0 Å². The molecule has 0 amide bonds. The molecule has 0 aromatic carbocycles. The van der Waals surface area contributed by atoms with Crippen molar-refractivity contribution in [1.29, 1.82) is 5.26 Å². The summed E-state index contributed by atoms with van der Waals surface area (Å²) in [6, 6.07) is 1.89. The van der Waals surface area contributed by atoms with Crippen LogP contribution in [0.25, 0.3) is 0 Å². The van der Waals surface area contributed by atoms with Gasteiger partial charge < -0.3 is 4.90 Å². The van der Waals surface area contributed by atoms with E-state index in [0.29, 0.717) is 12.4 Å². The van der Waals surface area contributed by atoms with Crippen LogP contribution < -0.4 is 16.1 Å². The minimum atomic E-state index is -0.585. The summed E-state index contributed by atoms with van der Waals surface area (Å²) >= 11 is 1.50. The number of nitrogens with zero attached hydrogens (tertiary/aromatic N) is 5. The lowest BCUT2D eigenvalue weighted by molar-refractivity contribution is 0.666. The van der Waals surface area contributed by atoms with Crippen LogP contribution in [0.4, 0.5) is 5.82 Å². The average Bonchev–Trinajstić information content (AvgIpc) is 2.85. The fourth-order valence-electron chi connectivity index (χ4n) is 2.13. The molecule has 8 heteroatoms. The molecule has 0 radical (unpaired) electrons. The lowest BCUT2D eigenvalue weighted by Crippen LogP contribution is -2.41. The van der Waals surface area contributed by atoms with Gasteiger partial charge in [-0.1, -0.05) is 0 Å². The smallest absolute Gasteiger partial charge is 0.332 e. The normalized spacial score (nSPS) is 10.4. The summed E-state index contributed by atoms with van der Waals surface area (Å²) in [6.07, 6.45) is 0. The summed E-state index contributed by atoms with van der Waals surface area (Å²) in [7, 11) is 4.63. The number of aromatic nitrogens is 3. The van der Waals surface area contributed by atoms with Crippen LogP contribution in [0, 0.1) is 18.3 Å². The Labute approximate surface area is 125 Å². The molecule has 0 aliphatic carbocycles. The molecule has 0 saturated heterocycles. The summed E-state index contributed by atoms with van der Waals surface area (Å²) in [5.74, 6) is 0.304. The number of rotatable bonds is 3. The monoisotopic (exact) mass is 305 g/mol. The lowest BCUT2D eigenvalue weighted by Gasteiger charge is -2.22. The zero-order valence-corrected chi connectivity index (χ0v) is 13.1. The molecule has 0 fully saturated rings. The van der Waals surface area contributed by atoms with Crippen molar-refractivity contribution in [2.24, 2.45) is 14.1 Å². The number of hydrogen-bond acceptors (Lipinski definition) is 6. The van der Waals surface area contributed by atoms with E-state index in [0.717, 1.165) is 15.3 Å². The SMILES string of the molecule is Cc1csc(CN(C)c2c(C#N)c(=O)n(C)c(=O)n2C)n1. The second kappa shape index (κ2) is 5.54. The van der Waals surface area contributed by atoms with E-state index < -0.39 is 11.2 Å². The highest BCUT2D eigenvalue weighted by Crippen LogP contribution is 2.17. The highest BCUT2D eigenvalue weighted by Gasteiger charge is 2.19. The molecule has 0 spiro atoms. The van der Waals surface area contributed by atoms with Crippen molar-refractivity contribution in [3.05, 3.63) is 42.5 Å². The van der Waals surface area contributed by atoms with Crippen molar-refractivity contribution < 1.29 is 0 Å². The van der Waals surface area contributed by atoms with Crippen molar-refractivity contribution >= 4 is 17.2 Å². The fraction of sp³-hybridized carbons (Fsp3) is 0.385. The number of nitriles is 1. The molecule has 2 aromatic rings. The third kappa shape index (κ3) is 2.60. The fourth-order valence-corrected chi connectivity index (χ4v) is 2.96. The van der Waals surface area contributed by atoms with Crippen LogP contribution in [-0.4, -0.2) is 21.2 Å². The molecule has 0 aliphatic heterocycles. The molecule has 2 rings (SSSR count). The molecule has 0 aliphatic rings. The Hall–Kier alpha value is -2.40. The lowest BCUT2D eigenvalue weighted by atomic mass is 10.3. The largest absolute Gasteiger partial charge is 0.353 e. The van der Waals surface area contributed by atoms with Gasteiger partial charge in [0, 0.05) is 32.2 Å². The molecule has 110 valence electrons. The van der Waals surface area contributed by atoms with Crippen molar-refractivity contribution in [3.63, 3.8) is 0 Å². The second-order valence-electron chi connectivity index (χ2n) is 4.75. The molecule has 0 atom stereocenters. The van der Waals surface area contributed by atoms with Crippen LogP contribution >= 0.6 is 11.3 Å². The van der Waals surface area contributed by atoms with Gasteiger partial charge in [-0.25, -0.2) is 9.78 Å². The van der Waals surface area contributed by atoms with E-state index in [1.807, 2.05) is 18.4 Å². The van der Waals surface area contributed by atoms with Crippen molar-refractivity contribution in [2.75, 3.05) is 11.9 Å². The molecule has 7 nitrogen and oxygen atoms in total. The van der Waals surface area contributed by atoms with Crippen LogP contribution in [0.2, 0.25) is 0 Å². The first-order chi connectivity index (χ1) is 9.86. The van der Waals surface area contributed by atoms with E-state index >= 15 is 0 Å². The topological polar surface area (TPSA) is 83.9 Å². The maximum Gasteiger partial charge on any atom is 0.332 e. The van der Waals surface area contributed by atoms with Gasteiger partial charge in [0.15, 0.2) is 5.56 Å². The van der Waals surface area contributed by atoms with E-state index in [2.05, 4.69) is 4.98 Å². The highest BCUT2D eigenvalue weighted by molar-refractivity contribution is 7.09. The number of anilines is 1. The molecular formula is C13H15N5O2S. The minimum Gasteiger partial charge on any atom is -0.353 e. The number of hydrogen-bond donors (Lipinski definition) is 0. The van der Waals surface area contributed by atoms with E-state index in [4.69, 9.17) is 0 Å². The first-order valence-electron chi connectivity index (χ1n) is 6.19. The van der Waals surface area contributed by atoms with Gasteiger partial charge in [-0.3, -0.25) is 13.9 Å². The quantitative estimate of drug-likeness (QED) is 0.817. The third-order valence-electron chi connectivity index (χ3n) is 3.15. The molecule has 0 unspecified atom stereocenters. The Bertz CT molecular complexity index is 840. The van der Waals surface area contributed by atoms with Gasteiger partial charge in [0.25, 0.3) is 5.56 Å². The number of aryl methyl sites for hydroxylation is 1. The zero-order valence-electron chi connectivity index (χ0n) is 12.2. The molecule has 21 heavy (non-hydrogen) atoms. The van der Waals surface area contributed by atoms with Gasteiger partial charge in [-0.05, 0) is 6.92 Å². The molecule has 2 heterocycles. The van der Waals surface area contributed by atoms with Crippen LogP contribution in [0.15, 0.2) is 15.0 Å². The Morgan fingerprint density at radius 3 is 2.57 bits per heavy atom. The maximum absolute atomic E-state index is 12.0. The highest BCUT2D eigenvalue weighted by atomic mass is 32.1. The van der Waals surface area contributed by atoms with Crippen LogP contribution in [0.1, 0.15) is 16.3 Å². The van der Waals surface area contributed by atoms with E-state index in [1.165, 1.54) is 23.0 Å². The Morgan fingerprint density at radius 2 is 2.05 bits per heavy atom. The predicted molar refractivity (Wildman–Crippen MR) is 80.6 cm³/mol. The molecule has 0 bridgehead atoms. The van der Waals surface area contributed by atoms with E-state index in [1.54, 1.807) is 19.0 Å². The molecule has 0 N–H and O–H groups in total. The van der Waals surface area contributed by atoms with Crippen molar-refractivity contribution in [1.82, 2.24) is 14.1 Å². The number of thiazole rings is 1. The zero-order chi connectivity index (χ0) is 15.7. The summed E-state index contributed by atoms with van der Waals surface area (Å²) in [5, 5.41) is 12.0. The van der Waals surface area contributed by atoms with E-state index in [-0.39, 0.29) is 5.56 Å². The van der Waals surface area contributed by atoms with Gasteiger partial charge >= 0.3 is 5.69 Å². The Balaban J connectivity index is 2.55. The van der Waals surface area contributed by atoms with E-state index in [9.17, 15) is 14.9 Å². The standard InChI is InChI=1S/C13H15N5O2S/c1-8-7-21-10(15-8)6-16(2)11-9(5-14)12(19)18(4)13(20)17(11)3/h7H,6H2,1-4H3. The maximum atomic E-state index is 12.0. The summed E-state index contributed by atoms with van der Waals surface area (Å²) in [6.45, 7) is 2.32. The summed E-state index contributed by atoms with van der Waals surface area (Å²) < 4.78 is 2.24.